The Hall–Kier alpha value is -3.95. The van der Waals surface area contributed by atoms with Gasteiger partial charge in [-0.1, -0.05) is 59.7 Å². The maximum Gasteiger partial charge on any atom is 0.284 e. The van der Waals surface area contributed by atoms with Gasteiger partial charge in [0.25, 0.3) is 20.0 Å². The van der Waals surface area contributed by atoms with Gasteiger partial charge in [-0.2, -0.15) is 8.42 Å². The average Bonchev–Trinajstić information content (AvgIpc) is 3.89. The number of aryl methyl sites for hydroxylation is 2. The molecule has 9 heteroatoms. The van der Waals surface area contributed by atoms with Gasteiger partial charge >= 0.3 is 0 Å². The largest absolute Gasteiger partial charge is 0.295 e. The Bertz CT molecular complexity index is 1930. The van der Waals surface area contributed by atoms with Crippen LogP contribution in [0.1, 0.15) is 42.4 Å². The Morgan fingerprint density at radius 2 is 1.38 bits per heavy atom. The van der Waals surface area contributed by atoms with E-state index in [4.69, 9.17) is 0 Å². The molecule has 0 unspecified atom stereocenters. The maximum atomic E-state index is 14.7. The van der Waals surface area contributed by atoms with Crippen LogP contribution in [-0.2, 0) is 20.0 Å². The SMILES string of the molecule is Cc1ccc(S(=O)(=O)/N=C2\C(C3CC3)=C3C=Cc4ccccc4N3/C(=C/C3CC3)N2S(=O)(=O)c2ccc(C)cc2)cc1. The molecule has 2 aliphatic carbocycles. The summed E-state index contributed by atoms with van der Waals surface area (Å²) >= 11 is 0. The number of fused-ring (bicyclic) bond motifs is 3. The molecule has 214 valence electrons. The lowest BCUT2D eigenvalue weighted by Gasteiger charge is -2.44. The molecule has 0 radical (unpaired) electrons. The highest BCUT2D eigenvalue weighted by Gasteiger charge is 2.48. The molecule has 0 N–H and O–H groups in total. The number of hydrogen-bond donors (Lipinski definition) is 0. The number of allylic oxidation sites excluding steroid dienone is 2. The van der Waals surface area contributed by atoms with Crippen molar-refractivity contribution in [3.63, 3.8) is 0 Å². The number of sulfonamides is 2. The standard InChI is InChI=1S/C33H31N3O4S2/c1-22-7-16-27(17-8-22)41(37,38)34-33-32(26-13-14-26)30-20-15-25-5-3-4-6-29(25)35(30)31(21-24-11-12-24)36(33)42(39,40)28-18-9-23(2)10-19-28/h3-10,15-21,24,26H,11-14H2,1-2H3/b31-21-,34-33+. The molecule has 42 heavy (non-hydrogen) atoms. The first-order chi connectivity index (χ1) is 20.1. The van der Waals surface area contributed by atoms with Crippen molar-refractivity contribution in [1.82, 2.24) is 4.31 Å². The van der Waals surface area contributed by atoms with Crippen LogP contribution in [0.4, 0.5) is 5.69 Å². The summed E-state index contributed by atoms with van der Waals surface area (Å²) in [6.07, 6.45) is 9.48. The van der Waals surface area contributed by atoms with E-state index in [1.165, 1.54) is 16.4 Å². The molecule has 2 saturated carbocycles. The van der Waals surface area contributed by atoms with E-state index in [2.05, 4.69) is 4.40 Å². The van der Waals surface area contributed by atoms with Crippen LogP contribution in [0.3, 0.4) is 0 Å². The summed E-state index contributed by atoms with van der Waals surface area (Å²) in [5.41, 5.74) is 5.06. The third-order valence-electron chi connectivity index (χ3n) is 8.06. The minimum Gasteiger partial charge on any atom is -0.295 e. The molecule has 0 atom stereocenters. The third-order valence-corrected chi connectivity index (χ3v) is 11.1. The average molecular weight is 598 g/mol. The lowest BCUT2D eigenvalue weighted by Crippen LogP contribution is -2.49. The van der Waals surface area contributed by atoms with E-state index in [0.29, 0.717) is 11.4 Å². The van der Waals surface area contributed by atoms with Crippen molar-refractivity contribution in [3.8, 4) is 0 Å². The highest BCUT2D eigenvalue weighted by Crippen LogP contribution is 2.50. The number of benzene rings is 3. The number of hydrogen-bond acceptors (Lipinski definition) is 5. The van der Waals surface area contributed by atoms with Crippen LogP contribution < -0.4 is 4.90 Å². The molecule has 2 aliphatic heterocycles. The molecule has 0 aromatic heterocycles. The van der Waals surface area contributed by atoms with E-state index in [-0.39, 0.29) is 27.5 Å². The Morgan fingerprint density at radius 1 is 0.762 bits per heavy atom. The molecule has 0 bridgehead atoms. The molecular formula is C33H31N3O4S2. The topological polar surface area (TPSA) is 87.1 Å². The van der Waals surface area contributed by atoms with Gasteiger partial charge in [0.2, 0.25) is 0 Å². The van der Waals surface area contributed by atoms with Gasteiger partial charge < -0.3 is 0 Å². The fourth-order valence-corrected chi connectivity index (χ4v) is 7.97. The Morgan fingerprint density at radius 3 is 2.00 bits per heavy atom. The zero-order valence-electron chi connectivity index (χ0n) is 23.4. The first-order valence-corrected chi connectivity index (χ1v) is 17.1. The van der Waals surface area contributed by atoms with Crippen molar-refractivity contribution < 1.29 is 16.8 Å². The number of anilines is 1. The van der Waals surface area contributed by atoms with E-state index in [0.717, 1.165) is 53.8 Å². The minimum atomic E-state index is -4.28. The Balaban J connectivity index is 1.55. The fourth-order valence-electron chi connectivity index (χ4n) is 5.48. The molecule has 3 aromatic rings. The van der Waals surface area contributed by atoms with Gasteiger partial charge in [-0.15, -0.1) is 4.40 Å². The molecular weight excluding hydrogens is 567 g/mol. The molecule has 4 aliphatic rings. The molecule has 7 nitrogen and oxygen atoms in total. The number of rotatable bonds is 6. The van der Waals surface area contributed by atoms with Crippen LogP contribution in [-0.4, -0.2) is 27.0 Å². The van der Waals surface area contributed by atoms with E-state index in [1.54, 1.807) is 36.4 Å². The van der Waals surface area contributed by atoms with E-state index in [9.17, 15) is 16.8 Å². The van der Waals surface area contributed by atoms with Crippen LogP contribution >= 0.6 is 0 Å². The second-order valence-corrected chi connectivity index (χ2v) is 14.8. The molecule has 0 amide bonds. The molecule has 3 aromatic carbocycles. The number of para-hydroxylation sites is 1. The van der Waals surface area contributed by atoms with E-state index >= 15 is 0 Å². The molecule has 2 heterocycles. The smallest absolute Gasteiger partial charge is 0.284 e. The lowest BCUT2D eigenvalue weighted by atomic mass is 9.97. The zero-order valence-corrected chi connectivity index (χ0v) is 25.1. The van der Waals surface area contributed by atoms with Crippen molar-refractivity contribution in [2.24, 2.45) is 16.2 Å². The highest BCUT2D eigenvalue weighted by atomic mass is 32.2. The van der Waals surface area contributed by atoms with Crippen LogP contribution in [0, 0.1) is 25.7 Å². The van der Waals surface area contributed by atoms with Crippen LogP contribution in [0.25, 0.3) is 6.08 Å². The zero-order chi connectivity index (χ0) is 29.2. The predicted octanol–water partition coefficient (Wildman–Crippen LogP) is 6.54. The molecule has 0 saturated heterocycles. The van der Waals surface area contributed by atoms with Crippen molar-refractivity contribution in [3.05, 3.63) is 119 Å². The lowest BCUT2D eigenvalue weighted by molar-refractivity contribution is 0.544. The Kier molecular flexibility index (Phi) is 6.29. The van der Waals surface area contributed by atoms with Gasteiger partial charge in [-0.05, 0) is 99.4 Å². The summed E-state index contributed by atoms with van der Waals surface area (Å²) in [4.78, 5) is 2.09. The molecule has 2 fully saturated rings. The van der Waals surface area contributed by atoms with Crippen molar-refractivity contribution in [1.29, 1.82) is 0 Å². The quantitative estimate of drug-likeness (QED) is 0.322. The summed E-state index contributed by atoms with van der Waals surface area (Å²) in [5.74, 6) is 0.531. The van der Waals surface area contributed by atoms with Crippen molar-refractivity contribution in [2.75, 3.05) is 4.90 Å². The van der Waals surface area contributed by atoms with Crippen LogP contribution in [0.15, 0.2) is 116 Å². The third kappa shape index (κ3) is 4.70. The Labute approximate surface area is 247 Å². The van der Waals surface area contributed by atoms with Gasteiger partial charge in [-0.25, -0.2) is 12.7 Å². The monoisotopic (exact) mass is 597 g/mol. The van der Waals surface area contributed by atoms with E-state index in [1.807, 2.05) is 61.2 Å². The van der Waals surface area contributed by atoms with Crippen molar-refractivity contribution in [2.45, 2.75) is 49.3 Å². The minimum absolute atomic E-state index is 0.0115. The van der Waals surface area contributed by atoms with Gasteiger partial charge in [-0.3, -0.25) is 4.90 Å². The van der Waals surface area contributed by atoms with E-state index < -0.39 is 20.0 Å². The maximum absolute atomic E-state index is 14.7. The van der Waals surface area contributed by atoms with Gasteiger partial charge in [0.05, 0.1) is 21.2 Å². The first-order valence-electron chi connectivity index (χ1n) is 14.2. The molecule has 0 spiro atoms. The summed E-state index contributed by atoms with van der Waals surface area (Å²) < 4.78 is 62.8. The van der Waals surface area contributed by atoms with Gasteiger partial charge in [0.15, 0.2) is 5.84 Å². The summed E-state index contributed by atoms with van der Waals surface area (Å²) in [7, 11) is -8.53. The van der Waals surface area contributed by atoms with Crippen LogP contribution in [0.5, 0.6) is 0 Å². The summed E-state index contributed by atoms with van der Waals surface area (Å²) in [5, 5.41) is 0. The predicted molar refractivity (Wildman–Crippen MR) is 165 cm³/mol. The summed E-state index contributed by atoms with van der Waals surface area (Å²) in [6, 6.07) is 21.0. The second-order valence-electron chi connectivity index (χ2n) is 11.4. The normalized spacial score (nSPS) is 20.7. The second kappa shape index (κ2) is 9.81. The fraction of sp³-hybridized carbons (Fsp3) is 0.242. The number of nitrogens with zero attached hydrogens (tertiary/aromatic N) is 3. The molecule has 7 rings (SSSR count). The van der Waals surface area contributed by atoms with Gasteiger partial charge in [0.1, 0.15) is 5.82 Å². The van der Waals surface area contributed by atoms with Crippen LogP contribution in [0.2, 0.25) is 0 Å². The first kappa shape index (κ1) is 26.9. The van der Waals surface area contributed by atoms with Crippen molar-refractivity contribution >= 4 is 37.6 Å². The summed E-state index contributed by atoms with van der Waals surface area (Å²) in [6.45, 7) is 3.78. The number of amidine groups is 1. The van der Waals surface area contributed by atoms with Gasteiger partial charge in [0, 0.05) is 5.57 Å². The highest BCUT2D eigenvalue weighted by molar-refractivity contribution is 7.91.